The van der Waals surface area contributed by atoms with Crippen molar-refractivity contribution in [1.82, 2.24) is 5.32 Å². The van der Waals surface area contributed by atoms with Crippen LogP contribution in [0.5, 0.6) is 0 Å². The fourth-order valence-electron chi connectivity index (χ4n) is 4.39. The molecule has 2 aliphatic heterocycles. The Kier molecular flexibility index (Phi) is 5.81. The van der Waals surface area contributed by atoms with Crippen LogP contribution in [0.1, 0.15) is 23.1 Å². The molecule has 7 heteroatoms. The van der Waals surface area contributed by atoms with Gasteiger partial charge in [-0.1, -0.05) is 48.5 Å². The normalized spacial score (nSPS) is 21.0. The number of carboxylic acid groups (broad SMARTS) is 1. The van der Waals surface area contributed by atoms with Gasteiger partial charge in [0.1, 0.15) is 12.1 Å². The van der Waals surface area contributed by atoms with Crippen LogP contribution in [-0.4, -0.2) is 40.7 Å². The van der Waals surface area contributed by atoms with Crippen molar-refractivity contribution >= 4 is 36.1 Å². The van der Waals surface area contributed by atoms with Crippen molar-refractivity contribution in [3.05, 3.63) is 65.2 Å². The van der Waals surface area contributed by atoms with Gasteiger partial charge < -0.3 is 10.4 Å². The van der Waals surface area contributed by atoms with E-state index in [0.717, 1.165) is 16.7 Å². The highest BCUT2D eigenvalue weighted by atomic mass is 32.1. The first-order valence-electron chi connectivity index (χ1n) is 10.1. The van der Waals surface area contributed by atoms with E-state index in [4.69, 9.17) is 0 Å². The van der Waals surface area contributed by atoms with Crippen LogP contribution in [0.25, 0.3) is 0 Å². The topological polar surface area (TPSA) is 86.7 Å². The Morgan fingerprint density at radius 2 is 1.87 bits per heavy atom. The van der Waals surface area contributed by atoms with E-state index in [1.165, 1.54) is 4.90 Å². The molecule has 0 bridgehead atoms. The molecule has 3 atom stereocenters. The number of nitrogens with one attached hydrogen (secondary N) is 1. The number of nitrogens with zero attached hydrogens (tertiary/aromatic N) is 1. The van der Waals surface area contributed by atoms with Crippen LogP contribution in [0.2, 0.25) is 0 Å². The van der Waals surface area contributed by atoms with Crippen LogP contribution in [-0.2, 0) is 33.6 Å². The van der Waals surface area contributed by atoms with Crippen LogP contribution in [0, 0.1) is 5.92 Å². The fourth-order valence-corrected chi connectivity index (χ4v) is 4.69. The molecule has 30 heavy (non-hydrogen) atoms. The maximum atomic E-state index is 13.3. The number of rotatable bonds is 6. The van der Waals surface area contributed by atoms with E-state index in [1.54, 1.807) is 0 Å². The minimum atomic E-state index is -1.03. The monoisotopic (exact) mass is 424 g/mol. The Balaban J connectivity index is 1.55. The highest BCUT2D eigenvalue weighted by Crippen LogP contribution is 2.39. The van der Waals surface area contributed by atoms with Crippen LogP contribution >= 0.6 is 12.6 Å². The van der Waals surface area contributed by atoms with Gasteiger partial charge in [-0.2, -0.15) is 12.6 Å². The molecule has 0 aromatic heterocycles. The van der Waals surface area contributed by atoms with Gasteiger partial charge in [-0.15, -0.1) is 0 Å². The number of aryl methyl sites for hydroxylation is 1. The van der Waals surface area contributed by atoms with E-state index in [-0.39, 0.29) is 24.2 Å². The summed E-state index contributed by atoms with van der Waals surface area (Å²) in [5.41, 5.74) is 3.57. The SMILES string of the molecule is O=C(NC1CCc2cccc3c2N(C1=O)[C@H](C(=O)O)C3)[C@@H](CS)Cc1ccccc1. The zero-order valence-corrected chi connectivity index (χ0v) is 17.3. The Labute approximate surface area is 180 Å². The summed E-state index contributed by atoms with van der Waals surface area (Å²) < 4.78 is 0. The lowest BCUT2D eigenvalue weighted by Crippen LogP contribution is -2.53. The van der Waals surface area contributed by atoms with Gasteiger partial charge in [0.05, 0.1) is 11.6 Å². The van der Waals surface area contributed by atoms with Gasteiger partial charge in [-0.25, -0.2) is 4.79 Å². The van der Waals surface area contributed by atoms with Gasteiger partial charge in [-0.05, 0) is 36.0 Å². The van der Waals surface area contributed by atoms with Crippen molar-refractivity contribution in [2.45, 2.75) is 37.8 Å². The number of carbonyl (C=O) groups excluding carboxylic acids is 2. The number of carboxylic acids is 1. The predicted molar refractivity (Wildman–Crippen MR) is 117 cm³/mol. The summed E-state index contributed by atoms with van der Waals surface area (Å²) in [5.74, 6) is -1.64. The number of carbonyl (C=O) groups is 3. The molecule has 4 rings (SSSR count). The number of amides is 2. The molecular weight excluding hydrogens is 400 g/mol. The molecule has 0 fully saturated rings. The third-order valence-corrected chi connectivity index (χ3v) is 6.37. The molecule has 2 N–H and O–H groups in total. The smallest absolute Gasteiger partial charge is 0.327 e. The third-order valence-electron chi connectivity index (χ3n) is 5.92. The van der Waals surface area contributed by atoms with Gasteiger partial charge >= 0.3 is 5.97 Å². The maximum absolute atomic E-state index is 13.3. The van der Waals surface area contributed by atoms with E-state index in [0.29, 0.717) is 30.7 Å². The number of aliphatic carboxylic acids is 1. The summed E-state index contributed by atoms with van der Waals surface area (Å²) in [4.78, 5) is 39.5. The lowest BCUT2D eigenvalue weighted by atomic mass is 9.98. The number of thiol groups is 1. The van der Waals surface area contributed by atoms with Gasteiger partial charge in [-0.3, -0.25) is 14.5 Å². The second-order valence-corrected chi connectivity index (χ2v) is 8.23. The summed E-state index contributed by atoms with van der Waals surface area (Å²) in [5, 5.41) is 12.6. The first kappa shape index (κ1) is 20.5. The van der Waals surface area contributed by atoms with E-state index in [9.17, 15) is 19.5 Å². The molecule has 2 amide bonds. The molecule has 2 aromatic rings. The highest BCUT2D eigenvalue weighted by Gasteiger charge is 2.44. The first-order chi connectivity index (χ1) is 14.5. The molecule has 0 radical (unpaired) electrons. The lowest BCUT2D eigenvalue weighted by molar-refractivity contribution is -0.140. The van der Waals surface area contributed by atoms with Gasteiger partial charge in [0, 0.05) is 12.2 Å². The van der Waals surface area contributed by atoms with Crippen LogP contribution < -0.4 is 10.2 Å². The number of hydrogen-bond acceptors (Lipinski definition) is 4. The van der Waals surface area contributed by atoms with E-state index < -0.39 is 18.1 Å². The Morgan fingerprint density at radius 1 is 1.13 bits per heavy atom. The van der Waals surface area contributed by atoms with Gasteiger partial charge in [0.15, 0.2) is 0 Å². The Bertz CT molecular complexity index is 978. The number of anilines is 1. The Hall–Kier alpha value is -2.80. The Morgan fingerprint density at radius 3 is 2.57 bits per heavy atom. The fraction of sp³-hybridized carbons (Fsp3) is 0.348. The molecule has 6 nitrogen and oxygen atoms in total. The molecule has 1 unspecified atom stereocenters. The summed E-state index contributed by atoms with van der Waals surface area (Å²) >= 11 is 4.34. The second kappa shape index (κ2) is 8.52. The van der Waals surface area contributed by atoms with E-state index >= 15 is 0 Å². The molecular formula is C23H24N2O4S. The second-order valence-electron chi connectivity index (χ2n) is 7.86. The molecule has 2 aromatic carbocycles. The van der Waals surface area contributed by atoms with Crippen molar-refractivity contribution in [1.29, 1.82) is 0 Å². The van der Waals surface area contributed by atoms with Crippen LogP contribution in [0.3, 0.4) is 0 Å². The van der Waals surface area contributed by atoms with Crippen molar-refractivity contribution in [3.8, 4) is 0 Å². The number of hydrogen-bond donors (Lipinski definition) is 3. The van der Waals surface area contributed by atoms with Crippen molar-refractivity contribution in [2.75, 3.05) is 10.7 Å². The average molecular weight is 425 g/mol. The summed E-state index contributed by atoms with van der Waals surface area (Å²) in [6, 6.07) is 13.7. The highest BCUT2D eigenvalue weighted by molar-refractivity contribution is 7.80. The van der Waals surface area contributed by atoms with Gasteiger partial charge in [0.25, 0.3) is 0 Å². The zero-order valence-electron chi connectivity index (χ0n) is 16.5. The lowest BCUT2D eigenvalue weighted by Gasteiger charge is -2.27. The summed E-state index contributed by atoms with van der Waals surface area (Å²) in [7, 11) is 0. The van der Waals surface area contributed by atoms with Crippen molar-refractivity contribution < 1.29 is 19.5 Å². The summed E-state index contributed by atoms with van der Waals surface area (Å²) in [6.45, 7) is 0. The molecule has 2 heterocycles. The minimum Gasteiger partial charge on any atom is -0.480 e. The van der Waals surface area contributed by atoms with E-state index in [2.05, 4.69) is 17.9 Å². The van der Waals surface area contributed by atoms with Crippen molar-refractivity contribution in [3.63, 3.8) is 0 Å². The molecule has 0 aliphatic carbocycles. The quantitative estimate of drug-likeness (QED) is 0.621. The zero-order chi connectivity index (χ0) is 21.3. The first-order valence-corrected chi connectivity index (χ1v) is 10.7. The largest absolute Gasteiger partial charge is 0.480 e. The molecule has 156 valence electrons. The molecule has 0 spiro atoms. The van der Waals surface area contributed by atoms with E-state index in [1.807, 2.05) is 48.5 Å². The molecule has 2 aliphatic rings. The minimum absolute atomic E-state index is 0.232. The average Bonchev–Trinajstić information content (AvgIpc) is 3.09. The number of benzene rings is 2. The van der Waals surface area contributed by atoms with Crippen LogP contribution in [0.4, 0.5) is 5.69 Å². The molecule has 0 saturated heterocycles. The van der Waals surface area contributed by atoms with Crippen LogP contribution in [0.15, 0.2) is 48.5 Å². The summed E-state index contributed by atoms with van der Waals surface area (Å²) in [6.07, 6.45) is 1.86. The predicted octanol–water partition coefficient (Wildman–Crippen LogP) is 2.25. The van der Waals surface area contributed by atoms with Crippen molar-refractivity contribution in [2.24, 2.45) is 5.92 Å². The number of para-hydroxylation sites is 1. The molecule has 0 saturated carbocycles. The van der Waals surface area contributed by atoms with Gasteiger partial charge in [0.2, 0.25) is 11.8 Å². The standard InChI is InChI=1S/C23H24N2O4S/c26-21(17(13-30)11-14-5-2-1-3-6-14)24-18-10-9-15-7-4-8-16-12-19(23(28)29)25(20(15)16)22(18)27/h1-8,17-19,30H,9-13H2,(H,24,26)(H,28,29)/t17-,18?,19+/m1/s1. The maximum Gasteiger partial charge on any atom is 0.327 e. The third kappa shape index (κ3) is 3.81.